The van der Waals surface area contributed by atoms with Gasteiger partial charge in [-0.2, -0.15) is 0 Å². The SMILES string of the molecule is CO[C@@H]1[C@@H](n2cc(-c3cc(F)c(F)c(F)c3)nn2)[C@@H](O)[C@@H](CO)O[C@H]1C(=O)N(Cc1ccccc1Cl)[C@H]1CCCC[C@@H]1O. The second-order valence-electron chi connectivity index (χ2n) is 10.8. The summed E-state index contributed by atoms with van der Waals surface area (Å²) in [4.78, 5) is 15.8. The van der Waals surface area contributed by atoms with Gasteiger partial charge >= 0.3 is 0 Å². The van der Waals surface area contributed by atoms with Gasteiger partial charge in [0.2, 0.25) is 0 Å². The lowest BCUT2D eigenvalue weighted by Gasteiger charge is -2.46. The molecule has 2 aliphatic rings. The number of nitrogens with zero attached hydrogens (tertiary/aromatic N) is 4. The molecule has 3 aromatic rings. The van der Waals surface area contributed by atoms with Gasteiger partial charge in [-0.3, -0.25) is 4.79 Å². The van der Waals surface area contributed by atoms with Crippen molar-refractivity contribution in [2.24, 2.45) is 0 Å². The van der Waals surface area contributed by atoms with Gasteiger partial charge in [-0.05, 0) is 36.6 Å². The van der Waals surface area contributed by atoms with E-state index in [1.807, 2.05) is 0 Å². The fourth-order valence-electron chi connectivity index (χ4n) is 5.90. The molecule has 14 heteroatoms. The smallest absolute Gasteiger partial charge is 0.255 e. The fourth-order valence-corrected chi connectivity index (χ4v) is 6.10. The van der Waals surface area contributed by atoms with Crippen LogP contribution in [0.2, 0.25) is 5.02 Å². The zero-order chi connectivity index (χ0) is 30.8. The minimum absolute atomic E-state index is 0.0413. The molecule has 5 rings (SSSR count). The van der Waals surface area contributed by atoms with Crippen LogP contribution in [0.15, 0.2) is 42.6 Å². The van der Waals surface area contributed by atoms with Crippen LogP contribution in [0.3, 0.4) is 0 Å². The van der Waals surface area contributed by atoms with Crippen LogP contribution in [-0.2, 0) is 20.8 Å². The number of benzene rings is 2. The van der Waals surface area contributed by atoms with Crippen molar-refractivity contribution < 1.29 is 42.8 Å². The molecular weight excluding hydrogens is 593 g/mol. The van der Waals surface area contributed by atoms with Crippen LogP contribution in [0.5, 0.6) is 0 Å². The highest BCUT2D eigenvalue weighted by Gasteiger charge is 2.51. The summed E-state index contributed by atoms with van der Waals surface area (Å²) in [6.07, 6.45) is -2.16. The first-order valence-corrected chi connectivity index (χ1v) is 14.3. The number of aromatic nitrogens is 3. The van der Waals surface area contributed by atoms with Crippen molar-refractivity contribution in [1.29, 1.82) is 0 Å². The highest BCUT2D eigenvalue weighted by molar-refractivity contribution is 6.31. The largest absolute Gasteiger partial charge is 0.394 e. The van der Waals surface area contributed by atoms with Crippen molar-refractivity contribution in [2.45, 2.75) is 74.8 Å². The van der Waals surface area contributed by atoms with E-state index in [1.54, 1.807) is 24.3 Å². The number of halogens is 4. The number of ether oxygens (including phenoxy) is 2. The molecule has 2 aromatic carbocycles. The van der Waals surface area contributed by atoms with Gasteiger partial charge in [0.15, 0.2) is 23.6 Å². The van der Waals surface area contributed by atoms with E-state index in [0.717, 1.165) is 29.7 Å². The van der Waals surface area contributed by atoms with Crippen LogP contribution in [0.4, 0.5) is 13.2 Å². The topological polar surface area (TPSA) is 130 Å². The maximum Gasteiger partial charge on any atom is 0.255 e. The van der Waals surface area contributed by atoms with Crippen LogP contribution in [0.25, 0.3) is 11.3 Å². The average Bonchev–Trinajstić information content (AvgIpc) is 3.49. The van der Waals surface area contributed by atoms with Crippen LogP contribution >= 0.6 is 11.6 Å². The Labute approximate surface area is 250 Å². The molecular formula is C29H32ClF3N4O6. The normalized spacial score (nSPS) is 27.7. The molecule has 10 nitrogen and oxygen atoms in total. The summed E-state index contributed by atoms with van der Waals surface area (Å²) in [5.74, 6) is -5.03. The van der Waals surface area contributed by atoms with E-state index in [-0.39, 0.29) is 17.8 Å². The zero-order valence-electron chi connectivity index (χ0n) is 23.2. The lowest BCUT2D eigenvalue weighted by atomic mass is 9.88. The summed E-state index contributed by atoms with van der Waals surface area (Å²) in [6.45, 7) is -0.604. The first-order valence-electron chi connectivity index (χ1n) is 13.9. The molecule has 1 saturated heterocycles. The van der Waals surface area contributed by atoms with Gasteiger partial charge < -0.3 is 29.7 Å². The number of rotatable bonds is 8. The maximum atomic E-state index is 14.3. The second-order valence-corrected chi connectivity index (χ2v) is 11.2. The lowest BCUT2D eigenvalue weighted by Crippen LogP contribution is -2.62. The summed E-state index contributed by atoms with van der Waals surface area (Å²) < 4.78 is 54.1. The Balaban J connectivity index is 1.51. The van der Waals surface area contributed by atoms with Gasteiger partial charge in [0, 0.05) is 24.2 Å². The highest BCUT2D eigenvalue weighted by atomic mass is 35.5. The van der Waals surface area contributed by atoms with Crippen molar-refractivity contribution in [2.75, 3.05) is 13.7 Å². The number of aliphatic hydroxyl groups excluding tert-OH is 3. The summed E-state index contributed by atoms with van der Waals surface area (Å²) >= 11 is 6.43. The van der Waals surface area contributed by atoms with Crippen LogP contribution in [0, 0.1) is 17.5 Å². The van der Waals surface area contributed by atoms with Crippen molar-refractivity contribution in [1.82, 2.24) is 19.9 Å². The van der Waals surface area contributed by atoms with E-state index in [0.29, 0.717) is 23.4 Å². The minimum Gasteiger partial charge on any atom is -0.394 e. The zero-order valence-corrected chi connectivity index (χ0v) is 23.9. The van der Waals surface area contributed by atoms with Gasteiger partial charge in [0.1, 0.15) is 30.0 Å². The van der Waals surface area contributed by atoms with E-state index in [4.69, 9.17) is 21.1 Å². The number of amides is 1. The molecule has 1 aliphatic heterocycles. The monoisotopic (exact) mass is 624 g/mol. The van der Waals surface area contributed by atoms with Crippen LogP contribution in [0.1, 0.15) is 37.3 Å². The molecule has 0 bridgehead atoms. The Morgan fingerprint density at radius 1 is 1.16 bits per heavy atom. The van der Waals surface area contributed by atoms with Crippen LogP contribution < -0.4 is 0 Å². The Hall–Kier alpha value is -3.07. The molecule has 1 aromatic heterocycles. The third kappa shape index (κ3) is 6.28. The molecule has 0 radical (unpaired) electrons. The number of hydrogen-bond acceptors (Lipinski definition) is 8. The van der Waals surface area contributed by atoms with Crippen molar-refractivity contribution in [3.63, 3.8) is 0 Å². The lowest BCUT2D eigenvalue weighted by molar-refractivity contribution is -0.219. The van der Waals surface area contributed by atoms with E-state index in [9.17, 15) is 33.3 Å². The average molecular weight is 625 g/mol. The molecule has 3 N–H and O–H groups in total. The maximum absolute atomic E-state index is 14.3. The molecule has 2 heterocycles. The van der Waals surface area contributed by atoms with Crippen molar-refractivity contribution >= 4 is 17.5 Å². The Kier molecular flexibility index (Phi) is 9.69. The Morgan fingerprint density at radius 3 is 2.51 bits per heavy atom. The second kappa shape index (κ2) is 13.3. The van der Waals surface area contributed by atoms with E-state index in [1.165, 1.54) is 18.2 Å². The van der Waals surface area contributed by atoms with Crippen molar-refractivity contribution in [3.05, 3.63) is 70.6 Å². The minimum atomic E-state index is -1.63. The fraction of sp³-hybridized carbons (Fsp3) is 0.483. The van der Waals surface area contributed by atoms with Gasteiger partial charge in [-0.1, -0.05) is 47.9 Å². The quantitative estimate of drug-likeness (QED) is 0.326. The molecule has 0 unspecified atom stereocenters. The van der Waals surface area contributed by atoms with Gasteiger partial charge in [-0.15, -0.1) is 5.10 Å². The van der Waals surface area contributed by atoms with Crippen LogP contribution in [-0.4, -0.2) is 91.4 Å². The Bertz CT molecular complexity index is 1420. The highest BCUT2D eigenvalue weighted by Crippen LogP contribution is 2.36. The number of carbonyl (C=O) groups is 1. The number of aliphatic hydroxyl groups is 3. The molecule has 43 heavy (non-hydrogen) atoms. The molecule has 2 fully saturated rings. The van der Waals surface area contributed by atoms with Gasteiger partial charge in [-0.25, -0.2) is 17.9 Å². The predicted octanol–water partition coefficient (Wildman–Crippen LogP) is 3.02. The molecule has 1 aliphatic carbocycles. The summed E-state index contributed by atoms with van der Waals surface area (Å²) in [5, 5.41) is 40.5. The molecule has 232 valence electrons. The van der Waals surface area contributed by atoms with Crippen molar-refractivity contribution in [3.8, 4) is 11.3 Å². The summed E-state index contributed by atoms with van der Waals surface area (Å²) in [5.41, 5.74) is 0.497. The van der Waals surface area contributed by atoms with E-state index >= 15 is 0 Å². The number of methoxy groups -OCH3 is 1. The standard InChI is InChI=1S/C29H32ClF3N4O6/c1-42-27-25(37-13-20(34-35-37)16-10-18(31)24(33)19(32)11-16)26(40)23(14-38)43-28(27)29(41)36(21-8-4-5-9-22(21)39)12-15-6-2-3-7-17(15)30/h2-3,6-7,10-11,13,21-23,25-28,38-40H,4-5,8-9,12,14H2,1H3/t21-,22-,23+,25-,26-,27+,28+/m0/s1. The number of hydrogen-bond donors (Lipinski definition) is 3. The predicted molar refractivity (Wildman–Crippen MR) is 147 cm³/mol. The van der Waals surface area contributed by atoms with Gasteiger partial charge in [0.05, 0.1) is 24.9 Å². The first kappa shape index (κ1) is 31.4. The Morgan fingerprint density at radius 2 is 1.86 bits per heavy atom. The molecule has 0 spiro atoms. The molecule has 7 atom stereocenters. The number of carbonyl (C=O) groups excluding carboxylic acids is 1. The summed E-state index contributed by atoms with van der Waals surface area (Å²) in [7, 11) is 1.31. The first-order chi connectivity index (χ1) is 20.6. The third-order valence-corrected chi connectivity index (χ3v) is 8.52. The molecule has 1 amide bonds. The molecule has 1 saturated carbocycles. The third-order valence-electron chi connectivity index (χ3n) is 8.15. The van der Waals surface area contributed by atoms with E-state index in [2.05, 4.69) is 10.3 Å². The summed E-state index contributed by atoms with van der Waals surface area (Å²) in [6, 6.07) is 6.81. The van der Waals surface area contributed by atoms with Gasteiger partial charge in [0.25, 0.3) is 5.91 Å². The van der Waals surface area contributed by atoms with E-state index < -0.39 is 72.6 Å².